The van der Waals surface area contributed by atoms with Crippen LogP contribution in [-0.4, -0.2) is 109 Å². The van der Waals surface area contributed by atoms with Gasteiger partial charge in [-0.15, -0.1) is 24.8 Å². The number of halogens is 2. The third kappa shape index (κ3) is 13.7. The molecule has 2 aliphatic rings. The van der Waals surface area contributed by atoms with Crippen LogP contribution in [0.15, 0.2) is 60.7 Å². The number of hydrogen-bond acceptors (Lipinski definition) is 9. The fourth-order valence-corrected chi connectivity index (χ4v) is 7.16. The number of unbranched alkanes of at least 4 members (excludes halogenated alkanes) is 1. The second-order valence-electron chi connectivity index (χ2n) is 15.1. The molecule has 7 N–H and O–H groups in total. The number of benzene rings is 2. The SMILES string of the molecule is COC(=O)C(=O)N1CC2(CCN(C(=O)[C@@H](CCCCN)NC(=O)[C@@H](CC(C)C)NC(=O)[C@@H](Cc3ccccc3)NC(=O)[C@H](N)Cc3ccccc3)CC2)C1.Cl.Cl. The number of piperidine rings is 1. The van der Waals surface area contributed by atoms with Crippen LogP contribution in [0.3, 0.4) is 0 Å². The van der Waals surface area contributed by atoms with Crippen LogP contribution in [0.4, 0.5) is 0 Å². The van der Waals surface area contributed by atoms with Gasteiger partial charge in [0, 0.05) is 38.0 Å². The van der Waals surface area contributed by atoms with E-state index < -0.39 is 53.8 Å². The van der Waals surface area contributed by atoms with Gasteiger partial charge in [-0.3, -0.25) is 24.0 Å². The highest BCUT2D eigenvalue weighted by atomic mass is 35.5. The first-order chi connectivity index (χ1) is 25.8. The Hall–Kier alpha value is -4.24. The molecule has 310 valence electrons. The lowest BCUT2D eigenvalue weighted by atomic mass is 9.72. The van der Waals surface area contributed by atoms with Crippen LogP contribution in [0.1, 0.15) is 63.5 Å². The molecule has 0 radical (unpaired) electrons. The molecule has 2 fully saturated rings. The maximum absolute atomic E-state index is 14.0. The summed E-state index contributed by atoms with van der Waals surface area (Å²) in [5.74, 6) is -3.26. The molecule has 5 amide bonds. The van der Waals surface area contributed by atoms with Crippen LogP contribution < -0.4 is 27.4 Å². The van der Waals surface area contributed by atoms with Crippen molar-refractivity contribution in [1.29, 1.82) is 0 Å². The van der Waals surface area contributed by atoms with Crippen LogP contribution in [0.25, 0.3) is 0 Å². The maximum atomic E-state index is 14.0. The highest BCUT2D eigenvalue weighted by molar-refractivity contribution is 6.32. The lowest BCUT2D eigenvalue weighted by Crippen LogP contribution is -2.64. The van der Waals surface area contributed by atoms with E-state index in [1.54, 1.807) is 4.90 Å². The molecule has 14 nitrogen and oxygen atoms in total. The molecule has 2 saturated heterocycles. The summed E-state index contributed by atoms with van der Waals surface area (Å²) in [5, 5.41) is 8.67. The Bertz CT molecular complexity index is 1590. The van der Waals surface area contributed by atoms with E-state index in [1.165, 1.54) is 12.0 Å². The van der Waals surface area contributed by atoms with E-state index in [1.807, 2.05) is 74.5 Å². The molecular weight excluding hydrogens is 761 g/mol. The Labute approximate surface area is 342 Å². The summed E-state index contributed by atoms with van der Waals surface area (Å²) >= 11 is 0. The zero-order valence-electron chi connectivity index (χ0n) is 32.6. The van der Waals surface area contributed by atoms with Gasteiger partial charge in [-0.1, -0.05) is 74.5 Å². The Morgan fingerprint density at radius 1 is 0.732 bits per heavy atom. The van der Waals surface area contributed by atoms with E-state index in [0.29, 0.717) is 71.2 Å². The second kappa shape index (κ2) is 23.1. The average molecular weight is 821 g/mol. The summed E-state index contributed by atoms with van der Waals surface area (Å²) in [6, 6.07) is 14.9. The first kappa shape index (κ1) is 47.9. The maximum Gasteiger partial charge on any atom is 0.396 e. The molecule has 2 aromatic carbocycles. The fraction of sp³-hybridized carbons (Fsp3) is 0.550. The van der Waals surface area contributed by atoms with Gasteiger partial charge in [0.25, 0.3) is 0 Å². The van der Waals surface area contributed by atoms with Crippen LogP contribution in [0.2, 0.25) is 0 Å². The highest BCUT2D eigenvalue weighted by Gasteiger charge is 2.49. The van der Waals surface area contributed by atoms with Crippen molar-refractivity contribution in [3.8, 4) is 0 Å². The van der Waals surface area contributed by atoms with E-state index >= 15 is 0 Å². The topological polar surface area (TPSA) is 206 Å². The molecule has 16 heteroatoms. The van der Waals surface area contributed by atoms with Gasteiger partial charge in [-0.05, 0) is 68.5 Å². The lowest BCUT2D eigenvalue weighted by molar-refractivity contribution is -0.167. The summed E-state index contributed by atoms with van der Waals surface area (Å²) in [7, 11) is 1.18. The number of nitrogens with two attached hydrogens (primary N) is 2. The number of methoxy groups -OCH3 is 1. The highest BCUT2D eigenvalue weighted by Crippen LogP contribution is 2.40. The quantitative estimate of drug-likeness (QED) is 0.0897. The minimum atomic E-state index is -1.02. The van der Waals surface area contributed by atoms with Gasteiger partial charge in [0.1, 0.15) is 18.1 Å². The number of nitrogens with one attached hydrogen (secondary N) is 3. The minimum Gasteiger partial charge on any atom is -0.462 e. The molecule has 1 spiro atoms. The van der Waals surface area contributed by atoms with Crippen molar-refractivity contribution < 1.29 is 33.5 Å². The molecule has 0 aliphatic carbocycles. The molecule has 4 atom stereocenters. The Morgan fingerprint density at radius 3 is 1.79 bits per heavy atom. The van der Waals surface area contributed by atoms with Crippen LogP contribution >= 0.6 is 24.8 Å². The van der Waals surface area contributed by atoms with Crippen molar-refractivity contribution in [2.45, 2.75) is 89.4 Å². The molecule has 4 rings (SSSR count). The summed E-state index contributed by atoms with van der Waals surface area (Å²) < 4.78 is 4.56. The van der Waals surface area contributed by atoms with E-state index in [4.69, 9.17) is 11.5 Å². The second-order valence-corrected chi connectivity index (χ2v) is 15.1. The van der Waals surface area contributed by atoms with Gasteiger partial charge in [0.15, 0.2) is 0 Å². The third-order valence-corrected chi connectivity index (χ3v) is 10.3. The van der Waals surface area contributed by atoms with Gasteiger partial charge >= 0.3 is 11.9 Å². The molecule has 0 bridgehead atoms. The minimum absolute atomic E-state index is 0. The molecule has 2 aromatic rings. The molecule has 2 heterocycles. The van der Waals surface area contributed by atoms with Crippen LogP contribution in [-0.2, 0) is 46.3 Å². The number of rotatable bonds is 17. The van der Waals surface area contributed by atoms with E-state index in [2.05, 4.69) is 20.7 Å². The molecule has 2 aliphatic heterocycles. The standard InChI is InChI=1S/C40H57N7O7.2ClH/c1-27(2)22-32(45-36(50)33(24-29-14-8-5-9-15-29)44-34(48)30(42)23-28-12-6-4-7-13-28)35(49)43-31(16-10-11-19-41)37(51)46-20-17-40(18-21-46)25-47(26-40)38(52)39(53)54-3;;/h4-9,12-15,27,30-33H,10-11,16-26,41-42H2,1-3H3,(H,43,49)(H,44,48)(H,45,50);2*1H/t30-,31-,32-,33-;;/m1../s1. The van der Waals surface area contributed by atoms with Crippen molar-refractivity contribution >= 4 is 60.3 Å². The first-order valence-corrected chi connectivity index (χ1v) is 19.0. The number of nitrogens with zero attached hydrogens (tertiary/aromatic N) is 2. The van der Waals surface area contributed by atoms with Crippen molar-refractivity contribution in [3.05, 3.63) is 71.8 Å². The average Bonchev–Trinajstić information content (AvgIpc) is 3.15. The smallest absolute Gasteiger partial charge is 0.396 e. The lowest BCUT2D eigenvalue weighted by Gasteiger charge is -2.53. The monoisotopic (exact) mass is 819 g/mol. The van der Waals surface area contributed by atoms with Crippen molar-refractivity contribution in [2.24, 2.45) is 22.8 Å². The van der Waals surface area contributed by atoms with E-state index in [9.17, 15) is 28.8 Å². The molecule has 56 heavy (non-hydrogen) atoms. The van der Waals surface area contributed by atoms with Gasteiger partial charge < -0.3 is 42.0 Å². The summed E-state index contributed by atoms with van der Waals surface area (Å²) in [4.78, 5) is 82.3. The third-order valence-electron chi connectivity index (χ3n) is 10.3. The number of amides is 5. The summed E-state index contributed by atoms with van der Waals surface area (Å²) in [5.41, 5.74) is 13.6. The molecular formula is C40H59Cl2N7O7. The predicted molar refractivity (Wildman–Crippen MR) is 218 cm³/mol. The number of esters is 1. The first-order valence-electron chi connectivity index (χ1n) is 19.0. The van der Waals surface area contributed by atoms with Crippen molar-refractivity contribution in [2.75, 3.05) is 39.8 Å². The zero-order chi connectivity index (χ0) is 39.3. The summed E-state index contributed by atoms with van der Waals surface area (Å²) in [6.07, 6.45) is 3.74. The number of likely N-dealkylation sites (tertiary alicyclic amines) is 2. The van der Waals surface area contributed by atoms with Crippen molar-refractivity contribution in [3.63, 3.8) is 0 Å². The van der Waals surface area contributed by atoms with Gasteiger partial charge in [0.05, 0.1) is 13.2 Å². The predicted octanol–water partition coefficient (Wildman–Crippen LogP) is 1.90. The zero-order valence-corrected chi connectivity index (χ0v) is 34.2. The molecule has 0 aromatic heterocycles. The van der Waals surface area contributed by atoms with Crippen molar-refractivity contribution in [1.82, 2.24) is 25.8 Å². The van der Waals surface area contributed by atoms with Gasteiger partial charge in [-0.2, -0.15) is 0 Å². The summed E-state index contributed by atoms with van der Waals surface area (Å²) in [6.45, 7) is 6.07. The molecule has 0 unspecified atom stereocenters. The van der Waals surface area contributed by atoms with E-state index in [0.717, 1.165) is 11.1 Å². The van der Waals surface area contributed by atoms with Gasteiger partial charge in [-0.25, -0.2) is 4.79 Å². The normalized spacial score (nSPS) is 16.5. The largest absolute Gasteiger partial charge is 0.462 e. The Balaban J connectivity index is 0.00000541. The Morgan fingerprint density at radius 2 is 1.25 bits per heavy atom. The van der Waals surface area contributed by atoms with Gasteiger partial charge in [0.2, 0.25) is 23.6 Å². The fourth-order valence-electron chi connectivity index (χ4n) is 7.16. The number of hydrogen-bond donors (Lipinski definition) is 5. The number of carbonyl (C=O) groups is 6. The van der Waals surface area contributed by atoms with Crippen LogP contribution in [0.5, 0.6) is 0 Å². The number of ether oxygens (including phenoxy) is 1. The van der Waals surface area contributed by atoms with Crippen LogP contribution in [0, 0.1) is 11.3 Å². The number of carbonyl (C=O) groups excluding carboxylic acids is 6. The molecule has 0 saturated carbocycles. The van der Waals surface area contributed by atoms with E-state index in [-0.39, 0.29) is 54.9 Å². The Kier molecular flexibility index (Phi) is 19.8.